The van der Waals surface area contributed by atoms with Crippen molar-refractivity contribution in [2.24, 2.45) is 7.05 Å². The first-order valence-electron chi connectivity index (χ1n) is 9.17. The van der Waals surface area contributed by atoms with Crippen molar-refractivity contribution < 1.29 is 4.79 Å². The Morgan fingerprint density at radius 1 is 1.04 bits per heavy atom. The third-order valence-corrected chi connectivity index (χ3v) is 5.05. The first-order chi connectivity index (χ1) is 13.5. The Bertz CT molecular complexity index is 1200. The van der Waals surface area contributed by atoms with E-state index in [0.29, 0.717) is 12.2 Å². The van der Waals surface area contributed by atoms with Crippen LogP contribution in [0.4, 0.5) is 5.69 Å². The number of Topliss-reactive ketones (excluding diaryl/α,β-unsaturated/α-hetero) is 1. The van der Waals surface area contributed by atoms with Crippen molar-refractivity contribution in [2.45, 2.75) is 13.5 Å². The molecule has 0 atom stereocenters. The smallest absolute Gasteiger partial charge is 0.323 e. The van der Waals surface area contributed by atoms with Crippen molar-refractivity contribution in [3.8, 4) is 0 Å². The fourth-order valence-corrected chi connectivity index (χ4v) is 3.45. The molecule has 4 aromatic rings. The molecule has 0 spiro atoms. The van der Waals surface area contributed by atoms with Crippen LogP contribution in [-0.2, 0) is 13.6 Å². The lowest BCUT2D eigenvalue weighted by atomic mass is 10.1. The molecule has 6 heteroatoms. The minimum Gasteiger partial charge on any atom is -0.359 e. The Balaban J connectivity index is 1.71. The average Bonchev–Trinajstić information content (AvgIpc) is 3.26. The van der Waals surface area contributed by atoms with Crippen molar-refractivity contribution in [3.05, 3.63) is 88.1 Å². The van der Waals surface area contributed by atoms with Crippen LogP contribution in [-0.4, -0.2) is 26.9 Å². The minimum atomic E-state index is -0.238. The van der Waals surface area contributed by atoms with Gasteiger partial charge in [0.1, 0.15) is 0 Å². The summed E-state index contributed by atoms with van der Waals surface area (Å²) in [5, 5.41) is 0. The summed E-state index contributed by atoms with van der Waals surface area (Å²) < 4.78 is 1.83. The van der Waals surface area contributed by atoms with Gasteiger partial charge in [-0.1, -0.05) is 24.3 Å². The van der Waals surface area contributed by atoms with E-state index in [1.165, 1.54) is 5.56 Å². The van der Waals surface area contributed by atoms with Gasteiger partial charge in [-0.15, -0.1) is 0 Å². The highest BCUT2D eigenvalue weighted by molar-refractivity contribution is 5.98. The van der Waals surface area contributed by atoms with Crippen molar-refractivity contribution >= 4 is 22.5 Å². The first-order valence-corrected chi connectivity index (χ1v) is 9.17. The molecule has 0 saturated carbocycles. The molecule has 2 aromatic heterocycles. The van der Waals surface area contributed by atoms with E-state index in [1.807, 2.05) is 65.2 Å². The number of rotatable bonds is 6. The van der Waals surface area contributed by atoms with Crippen LogP contribution in [0.25, 0.3) is 11.0 Å². The summed E-state index contributed by atoms with van der Waals surface area (Å²) >= 11 is 0. The second kappa shape index (κ2) is 7.23. The topological polar surface area (TPSA) is 73.9 Å². The van der Waals surface area contributed by atoms with Gasteiger partial charge in [-0.2, -0.15) is 0 Å². The van der Waals surface area contributed by atoms with E-state index in [1.54, 1.807) is 0 Å². The third kappa shape index (κ3) is 3.49. The second-order valence-corrected chi connectivity index (χ2v) is 7.02. The number of benzene rings is 2. The van der Waals surface area contributed by atoms with Crippen LogP contribution in [0.2, 0.25) is 0 Å². The zero-order chi connectivity index (χ0) is 19.7. The van der Waals surface area contributed by atoms with Crippen LogP contribution in [0.15, 0.2) is 65.6 Å². The van der Waals surface area contributed by atoms with Crippen molar-refractivity contribution in [1.82, 2.24) is 14.5 Å². The number of hydrogen-bond acceptors (Lipinski definition) is 3. The predicted octanol–water partition coefficient (Wildman–Crippen LogP) is 3.39. The standard InChI is InChI=1S/C22H22N4O2/c1-15-6-3-4-7-16(15)13-26(14-21(27)20-8-5-11-25(20)2)17-9-10-18-19(12-17)24-22(28)23-18/h3-12H,13-14H2,1-2H3,(H2,23,24,28). The summed E-state index contributed by atoms with van der Waals surface area (Å²) in [5.41, 5.74) is 5.12. The van der Waals surface area contributed by atoms with E-state index in [9.17, 15) is 9.59 Å². The highest BCUT2D eigenvalue weighted by Gasteiger charge is 2.17. The van der Waals surface area contributed by atoms with Crippen LogP contribution >= 0.6 is 0 Å². The van der Waals surface area contributed by atoms with E-state index < -0.39 is 0 Å². The Morgan fingerprint density at radius 2 is 1.82 bits per heavy atom. The molecule has 0 amide bonds. The van der Waals surface area contributed by atoms with Crippen LogP contribution in [0.5, 0.6) is 0 Å². The van der Waals surface area contributed by atoms with E-state index in [0.717, 1.165) is 22.3 Å². The van der Waals surface area contributed by atoms with Crippen LogP contribution in [0, 0.1) is 6.92 Å². The molecule has 2 aromatic carbocycles. The Hall–Kier alpha value is -3.54. The number of carbonyl (C=O) groups excluding carboxylic acids is 1. The molecule has 0 aliphatic rings. The van der Waals surface area contributed by atoms with Crippen molar-refractivity contribution in [1.29, 1.82) is 0 Å². The maximum atomic E-state index is 12.9. The molecular weight excluding hydrogens is 352 g/mol. The van der Waals surface area contributed by atoms with Gasteiger partial charge in [0.2, 0.25) is 0 Å². The monoisotopic (exact) mass is 374 g/mol. The quantitative estimate of drug-likeness (QED) is 0.508. The van der Waals surface area contributed by atoms with Crippen LogP contribution in [0.3, 0.4) is 0 Å². The number of nitrogens with one attached hydrogen (secondary N) is 2. The zero-order valence-corrected chi connectivity index (χ0v) is 15.9. The number of H-pyrrole nitrogens is 2. The van der Waals surface area contributed by atoms with Gasteiger partial charge in [0.05, 0.1) is 23.3 Å². The Morgan fingerprint density at radius 3 is 2.57 bits per heavy atom. The Kier molecular flexibility index (Phi) is 4.61. The zero-order valence-electron chi connectivity index (χ0n) is 15.9. The van der Waals surface area contributed by atoms with Crippen LogP contribution in [0.1, 0.15) is 21.6 Å². The molecule has 0 bridgehead atoms. The SMILES string of the molecule is Cc1ccccc1CN(CC(=O)c1cccn1C)c1ccc2[nH]c(=O)[nH]c2c1. The lowest BCUT2D eigenvalue weighted by Gasteiger charge is -2.25. The molecular formula is C22H22N4O2. The molecule has 0 radical (unpaired) electrons. The molecule has 142 valence electrons. The normalized spacial score (nSPS) is 11.1. The maximum Gasteiger partial charge on any atom is 0.323 e. The van der Waals surface area contributed by atoms with Crippen molar-refractivity contribution in [3.63, 3.8) is 0 Å². The number of nitrogens with zero attached hydrogens (tertiary/aromatic N) is 2. The predicted molar refractivity (Wildman–Crippen MR) is 111 cm³/mol. The fraction of sp³-hybridized carbons (Fsp3) is 0.182. The number of carbonyl (C=O) groups is 1. The summed E-state index contributed by atoms with van der Waals surface area (Å²) in [6, 6.07) is 17.6. The van der Waals surface area contributed by atoms with E-state index in [-0.39, 0.29) is 18.0 Å². The van der Waals surface area contributed by atoms with Crippen LogP contribution < -0.4 is 10.6 Å². The highest BCUT2D eigenvalue weighted by Crippen LogP contribution is 2.23. The van der Waals surface area contributed by atoms with Gasteiger partial charge in [-0.25, -0.2) is 4.79 Å². The first kappa shape index (κ1) is 17.9. The van der Waals surface area contributed by atoms with Gasteiger partial charge in [0, 0.05) is 25.5 Å². The summed E-state index contributed by atoms with van der Waals surface area (Å²) in [7, 11) is 1.87. The summed E-state index contributed by atoms with van der Waals surface area (Å²) in [6.07, 6.45) is 1.87. The van der Waals surface area contributed by atoms with Gasteiger partial charge in [-0.3, -0.25) is 4.79 Å². The molecule has 4 rings (SSSR count). The summed E-state index contributed by atoms with van der Waals surface area (Å²) in [4.78, 5) is 32.1. The average molecular weight is 374 g/mol. The number of aromatic amines is 2. The molecule has 2 heterocycles. The van der Waals surface area contributed by atoms with Gasteiger partial charge in [0.15, 0.2) is 5.78 Å². The van der Waals surface area contributed by atoms with Gasteiger partial charge in [-0.05, 0) is 48.4 Å². The third-order valence-electron chi connectivity index (χ3n) is 5.05. The molecule has 6 nitrogen and oxygen atoms in total. The lowest BCUT2D eigenvalue weighted by molar-refractivity contribution is 0.0991. The molecule has 0 unspecified atom stereocenters. The fourth-order valence-electron chi connectivity index (χ4n) is 3.45. The lowest BCUT2D eigenvalue weighted by Crippen LogP contribution is -2.30. The number of hydrogen-bond donors (Lipinski definition) is 2. The van der Waals surface area contributed by atoms with E-state index in [2.05, 4.69) is 29.0 Å². The second-order valence-electron chi connectivity index (χ2n) is 7.02. The van der Waals surface area contributed by atoms with E-state index in [4.69, 9.17) is 0 Å². The molecule has 0 aliphatic carbocycles. The number of fused-ring (bicyclic) bond motifs is 1. The van der Waals surface area contributed by atoms with Gasteiger partial charge in [0.25, 0.3) is 0 Å². The summed E-state index contributed by atoms with van der Waals surface area (Å²) in [5.74, 6) is 0.0451. The number of aromatic nitrogens is 3. The summed E-state index contributed by atoms with van der Waals surface area (Å²) in [6.45, 7) is 2.91. The van der Waals surface area contributed by atoms with Gasteiger partial charge >= 0.3 is 5.69 Å². The molecule has 0 aliphatic heterocycles. The molecule has 28 heavy (non-hydrogen) atoms. The van der Waals surface area contributed by atoms with Gasteiger partial charge < -0.3 is 19.4 Å². The van der Waals surface area contributed by atoms with E-state index >= 15 is 0 Å². The number of anilines is 1. The molecule has 0 fully saturated rings. The minimum absolute atomic E-state index is 0.0451. The Labute approximate surface area is 162 Å². The largest absolute Gasteiger partial charge is 0.359 e. The maximum absolute atomic E-state index is 12.9. The van der Waals surface area contributed by atoms with Crippen molar-refractivity contribution in [2.75, 3.05) is 11.4 Å². The molecule has 0 saturated heterocycles. The number of ketones is 1. The number of aryl methyl sites for hydroxylation is 2. The molecule has 2 N–H and O–H groups in total. The number of imidazole rings is 1. The highest BCUT2D eigenvalue weighted by atomic mass is 16.1.